The Morgan fingerprint density at radius 3 is 2.70 bits per heavy atom. The quantitative estimate of drug-likeness (QED) is 0.838. The van der Waals surface area contributed by atoms with Crippen molar-refractivity contribution in [1.29, 1.82) is 0 Å². The Balaban J connectivity index is 2.41. The van der Waals surface area contributed by atoms with Crippen molar-refractivity contribution in [2.24, 2.45) is 17.4 Å². The van der Waals surface area contributed by atoms with Gasteiger partial charge in [-0.15, -0.1) is 0 Å². The van der Waals surface area contributed by atoms with Crippen molar-refractivity contribution >= 4 is 40.4 Å². The normalized spacial score (nSPS) is 22.6. The predicted molar refractivity (Wildman–Crippen MR) is 86.1 cm³/mol. The van der Waals surface area contributed by atoms with E-state index in [0.29, 0.717) is 17.1 Å². The molecule has 0 spiro atoms. The molecule has 0 saturated carbocycles. The van der Waals surface area contributed by atoms with Crippen LogP contribution in [0.25, 0.3) is 0 Å². The summed E-state index contributed by atoms with van der Waals surface area (Å²) >= 11 is 11.3. The number of nitrogens with zero attached hydrogens (tertiary/aromatic N) is 1. The van der Waals surface area contributed by atoms with Crippen LogP contribution in [-0.4, -0.2) is 23.5 Å². The van der Waals surface area contributed by atoms with Gasteiger partial charge >= 0.3 is 0 Å². The molecule has 108 valence electrons. The third-order valence-electron chi connectivity index (χ3n) is 3.83. The van der Waals surface area contributed by atoms with Crippen molar-refractivity contribution in [2.45, 2.75) is 25.8 Å². The van der Waals surface area contributed by atoms with Crippen molar-refractivity contribution in [3.63, 3.8) is 0 Å². The molecule has 2 unspecified atom stereocenters. The number of carbonyl (C=O) groups excluding carboxylic acids is 1. The number of benzene rings is 1. The number of rotatable bonds is 3. The zero-order chi connectivity index (χ0) is 14.9. The molecule has 0 aromatic heterocycles. The van der Waals surface area contributed by atoms with E-state index in [-0.39, 0.29) is 22.9 Å². The molecular formula is C14H18ClN3OS. The fourth-order valence-corrected chi connectivity index (χ4v) is 3.21. The molecule has 1 amide bonds. The highest BCUT2D eigenvalue weighted by Crippen LogP contribution is 2.33. The summed E-state index contributed by atoms with van der Waals surface area (Å²) in [6, 6.07) is 5.84. The van der Waals surface area contributed by atoms with Crippen LogP contribution in [0.4, 0.5) is 5.69 Å². The monoisotopic (exact) mass is 311 g/mol. The Kier molecular flexibility index (Phi) is 4.50. The molecule has 1 aromatic carbocycles. The van der Waals surface area contributed by atoms with Crippen molar-refractivity contribution in [3.05, 3.63) is 28.8 Å². The first kappa shape index (κ1) is 15.1. The lowest BCUT2D eigenvalue weighted by atomic mass is 9.92. The van der Waals surface area contributed by atoms with Gasteiger partial charge in [-0.1, -0.05) is 29.9 Å². The lowest BCUT2D eigenvalue weighted by molar-refractivity contribution is -0.122. The molecule has 2 atom stereocenters. The molecule has 1 aromatic rings. The molecule has 4 N–H and O–H groups in total. The van der Waals surface area contributed by atoms with Gasteiger partial charge in [0, 0.05) is 18.3 Å². The summed E-state index contributed by atoms with van der Waals surface area (Å²) in [5, 5.41) is 0.531. The van der Waals surface area contributed by atoms with Crippen LogP contribution in [-0.2, 0) is 4.79 Å². The predicted octanol–water partition coefficient (Wildman–Crippen LogP) is 2.06. The highest BCUT2D eigenvalue weighted by atomic mass is 35.5. The number of carbonyl (C=O) groups is 1. The minimum absolute atomic E-state index is 0.149. The number of halogens is 1. The number of hydrogen-bond acceptors (Lipinski definition) is 3. The van der Waals surface area contributed by atoms with E-state index in [1.807, 2.05) is 12.1 Å². The molecule has 4 nitrogen and oxygen atoms in total. The molecule has 0 aliphatic carbocycles. The first-order valence-corrected chi connectivity index (χ1v) is 7.34. The van der Waals surface area contributed by atoms with E-state index in [9.17, 15) is 4.79 Å². The molecule has 0 radical (unpaired) electrons. The van der Waals surface area contributed by atoms with Gasteiger partial charge in [0.2, 0.25) is 5.91 Å². The first-order chi connectivity index (χ1) is 9.41. The Labute approximate surface area is 129 Å². The molecule has 1 aliphatic rings. The fourth-order valence-electron chi connectivity index (χ4n) is 2.67. The SMILES string of the molecule is CC1CCC(C(N)=O)CN1c1cccc(Cl)c1C(N)=S. The third-order valence-corrected chi connectivity index (χ3v) is 4.35. The molecule has 1 heterocycles. The number of piperidine rings is 1. The zero-order valence-corrected chi connectivity index (χ0v) is 12.9. The second kappa shape index (κ2) is 5.97. The smallest absolute Gasteiger partial charge is 0.222 e. The second-order valence-electron chi connectivity index (χ2n) is 5.18. The Morgan fingerprint density at radius 1 is 1.40 bits per heavy atom. The van der Waals surface area contributed by atoms with E-state index in [1.54, 1.807) is 6.07 Å². The molecule has 1 saturated heterocycles. The zero-order valence-electron chi connectivity index (χ0n) is 11.3. The molecule has 1 aliphatic heterocycles. The lowest BCUT2D eigenvalue weighted by Gasteiger charge is -2.39. The Hall–Kier alpha value is -1.33. The van der Waals surface area contributed by atoms with Crippen molar-refractivity contribution < 1.29 is 4.79 Å². The van der Waals surface area contributed by atoms with E-state index in [2.05, 4.69) is 11.8 Å². The molecule has 1 fully saturated rings. The van der Waals surface area contributed by atoms with Crippen molar-refractivity contribution in [3.8, 4) is 0 Å². The maximum Gasteiger partial charge on any atom is 0.222 e. The number of nitrogens with two attached hydrogens (primary N) is 2. The van der Waals surface area contributed by atoms with Crippen molar-refractivity contribution in [2.75, 3.05) is 11.4 Å². The number of primary amides is 1. The lowest BCUT2D eigenvalue weighted by Crippen LogP contribution is -2.46. The standard InChI is InChI=1S/C14H18ClN3OS/c1-8-5-6-9(13(16)19)7-18(8)11-4-2-3-10(15)12(11)14(17)20/h2-4,8-9H,5-7H2,1H3,(H2,16,19)(H2,17,20). The summed E-state index contributed by atoms with van der Waals surface area (Å²) in [7, 11) is 0. The highest BCUT2D eigenvalue weighted by molar-refractivity contribution is 7.80. The average Bonchev–Trinajstić information content (AvgIpc) is 2.38. The van der Waals surface area contributed by atoms with E-state index < -0.39 is 0 Å². The van der Waals surface area contributed by atoms with E-state index in [4.69, 9.17) is 35.3 Å². The van der Waals surface area contributed by atoms with Gasteiger partial charge in [-0.25, -0.2) is 0 Å². The highest BCUT2D eigenvalue weighted by Gasteiger charge is 2.30. The van der Waals surface area contributed by atoms with Gasteiger partial charge < -0.3 is 16.4 Å². The van der Waals surface area contributed by atoms with E-state index >= 15 is 0 Å². The Bertz CT molecular complexity index is 549. The third kappa shape index (κ3) is 2.88. The van der Waals surface area contributed by atoms with Crippen LogP contribution in [0, 0.1) is 5.92 Å². The summed E-state index contributed by atoms with van der Waals surface area (Å²) < 4.78 is 0. The maximum absolute atomic E-state index is 11.4. The maximum atomic E-state index is 11.4. The first-order valence-electron chi connectivity index (χ1n) is 6.56. The molecule has 2 rings (SSSR count). The summed E-state index contributed by atoms with van der Waals surface area (Å²) in [5.41, 5.74) is 12.8. The minimum Gasteiger partial charge on any atom is -0.389 e. The molecular weight excluding hydrogens is 294 g/mol. The second-order valence-corrected chi connectivity index (χ2v) is 6.02. The van der Waals surface area contributed by atoms with Gasteiger partial charge in [0.15, 0.2) is 0 Å². The van der Waals surface area contributed by atoms with E-state index in [0.717, 1.165) is 18.5 Å². The topological polar surface area (TPSA) is 72.4 Å². The minimum atomic E-state index is -0.263. The van der Waals surface area contributed by atoms with Crippen LogP contribution in [0.1, 0.15) is 25.3 Å². The van der Waals surface area contributed by atoms with Crippen LogP contribution in [0.5, 0.6) is 0 Å². The number of hydrogen-bond donors (Lipinski definition) is 2. The van der Waals surface area contributed by atoms with Gasteiger partial charge in [-0.2, -0.15) is 0 Å². The Morgan fingerprint density at radius 2 is 2.10 bits per heavy atom. The van der Waals surface area contributed by atoms with E-state index in [1.165, 1.54) is 0 Å². The summed E-state index contributed by atoms with van der Waals surface area (Å²) in [4.78, 5) is 13.8. The van der Waals surface area contributed by atoms with Crippen LogP contribution >= 0.6 is 23.8 Å². The molecule has 0 bridgehead atoms. The largest absolute Gasteiger partial charge is 0.389 e. The van der Waals surface area contributed by atoms with Crippen LogP contribution < -0.4 is 16.4 Å². The molecule has 20 heavy (non-hydrogen) atoms. The van der Waals surface area contributed by atoms with Gasteiger partial charge in [0.05, 0.1) is 16.5 Å². The van der Waals surface area contributed by atoms with Gasteiger partial charge in [0.1, 0.15) is 4.99 Å². The van der Waals surface area contributed by atoms with Crippen LogP contribution in [0.3, 0.4) is 0 Å². The number of amides is 1. The average molecular weight is 312 g/mol. The van der Waals surface area contributed by atoms with Gasteiger partial charge in [0.25, 0.3) is 0 Å². The van der Waals surface area contributed by atoms with Crippen molar-refractivity contribution in [1.82, 2.24) is 0 Å². The summed E-state index contributed by atoms with van der Waals surface area (Å²) in [6.45, 7) is 2.69. The van der Waals surface area contributed by atoms with Gasteiger partial charge in [-0.3, -0.25) is 4.79 Å². The summed E-state index contributed by atoms with van der Waals surface area (Å²) in [6.07, 6.45) is 1.72. The molecule has 6 heteroatoms. The number of thiocarbonyl (C=S) groups is 1. The summed E-state index contributed by atoms with van der Waals surface area (Å²) in [5.74, 6) is -0.412. The van der Waals surface area contributed by atoms with Crippen LogP contribution in [0.2, 0.25) is 5.02 Å². The van der Waals surface area contributed by atoms with Gasteiger partial charge in [-0.05, 0) is 31.9 Å². The van der Waals surface area contributed by atoms with Crippen LogP contribution in [0.15, 0.2) is 18.2 Å². The fraction of sp³-hybridized carbons (Fsp3) is 0.429. The number of anilines is 1.